The average Bonchev–Trinajstić information content (AvgIpc) is 3.22. The van der Waals surface area contributed by atoms with E-state index in [1.54, 1.807) is 51.6 Å². The number of benzene rings is 5. The Labute approximate surface area is 356 Å². The fourth-order valence-corrected chi connectivity index (χ4v) is 8.72. The lowest BCUT2D eigenvalue weighted by Gasteiger charge is -2.36. The Hall–Kier alpha value is -6.50. The summed E-state index contributed by atoms with van der Waals surface area (Å²) in [7, 11) is 3.66. The highest BCUT2D eigenvalue weighted by Gasteiger charge is 2.33. The molecule has 0 radical (unpaired) electrons. The summed E-state index contributed by atoms with van der Waals surface area (Å²) in [6.45, 7) is 0.826. The number of aryl methyl sites for hydroxylation is 2. The first kappa shape index (κ1) is 42.2. The lowest BCUT2D eigenvalue weighted by molar-refractivity contribution is -0.0498. The van der Waals surface area contributed by atoms with Crippen LogP contribution in [0.25, 0.3) is 21.8 Å². The van der Waals surface area contributed by atoms with Gasteiger partial charge in [0.15, 0.2) is 0 Å². The number of aromatic nitrogens is 4. The standard InChI is InChI=1S/C28H26F3N3O2.C21H22FN3O/c1-17-32-25-15-12-22(33(2)21-10-13-23(14-11-21)36-28(30)31)16-24(25)27(35)34(17)26(18-4-3-5-18)19-6-8-20(29)9-7-19;1-13-24-19-11-10-17(23-2)12-18(19)21(26)25(13)20(14-4-3-5-14)15-6-8-16(22)9-7-15/h6-16,18,26,28H,3-5H2,1-2H3;6-12,14,20,23H,3-5H2,1-2H3. The van der Waals surface area contributed by atoms with Gasteiger partial charge in [-0.25, -0.2) is 18.7 Å². The summed E-state index contributed by atoms with van der Waals surface area (Å²) in [6, 6.07) is 30.0. The van der Waals surface area contributed by atoms with Crippen molar-refractivity contribution in [3.8, 4) is 5.75 Å². The molecule has 62 heavy (non-hydrogen) atoms. The van der Waals surface area contributed by atoms with E-state index in [1.807, 2.05) is 63.2 Å². The van der Waals surface area contributed by atoms with Crippen LogP contribution in [0, 0.1) is 37.3 Å². The number of anilines is 3. The molecular weight excluding hydrogens is 797 g/mol. The van der Waals surface area contributed by atoms with Crippen LogP contribution in [-0.2, 0) is 0 Å². The van der Waals surface area contributed by atoms with Crippen molar-refractivity contribution in [2.24, 2.45) is 11.8 Å². The second kappa shape index (κ2) is 17.8. The van der Waals surface area contributed by atoms with Gasteiger partial charge in [-0.05, 0) is 147 Å². The Balaban J connectivity index is 0.000000180. The molecule has 9 rings (SSSR count). The number of hydrogen-bond donors (Lipinski definition) is 1. The molecule has 13 heteroatoms. The van der Waals surface area contributed by atoms with Crippen molar-refractivity contribution in [2.75, 3.05) is 24.3 Å². The monoisotopic (exact) mass is 844 g/mol. The Morgan fingerprint density at radius 2 is 1.10 bits per heavy atom. The van der Waals surface area contributed by atoms with E-state index in [2.05, 4.69) is 15.0 Å². The minimum Gasteiger partial charge on any atom is -0.435 e. The van der Waals surface area contributed by atoms with Gasteiger partial charge in [0, 0.05) is 31.2 Å². The second-order valence-corrected chi connectivity index (χ2v) is 16.2. The number of nitrogens with one attached hydrogen (secondary N) is 1. The lowest BCUT2D eigenvalue weighted by Crippen LogP contribution is -2.35. The highest BCUT2D eigenvalue weighted by molar-refractivity contribution is 5.84. The first-order chi connectivity index (χ1) is 29.9. The van der Waals surface area contributed by atoms with Crippen LogP contribution in [0.4, 0.5) is 34.6 Å². The minimum atomic E-state index is -2.88. The van der Waals surface area contributed by atoms with Gasteiger partial charge in [-0.2, -0.15) is 8.78 Å². The molecule has 2 aliphatic rings. The molecule has 2 saturated carbocycles. The summed E-state index contributed by atoms with van der Waals surface area (Å²) < 4.78 is 59.9. The SMILES string of the molecule is CNc1ccc2nc(C)n(C(c3ccc(F)cc3)C3CCC3)c(=O)c2c1.Cc1nc2ccc(N(C)c3ccc(OC(F)F)cc3)cc2c(=O)n1C(c1ccc(F)cc1)C1CCC1. The van der Waals surface area contributed by atoms with Gasteiger partial charge in [-0.3, -0.25) is 18.7 Å². The van der Waals surface area contributed by atoms with Crippen molar-refractivity contribution in [2.45, 2.75) is 71.1 Å². The molecule has 9 nitrogen and oxygen atoms in total. The van der Waals surface area contributed by atoms with E-state index in [1.165, 1.54) is 42.8 Å². The van der Waals surface area contributed by atoms with Crippen molar-refractivity contribution in [1.29, 1.82) is 0 Å². The highest BCUT2D eigenvalue weighted by atomic mass is 19.3. The fraction of sp³-hybridized carbons (Fsp3) is 0.306. The summed E-state index contributed by atoms with van der Waals surface area (Å²) >= 11 is 0. The van der Waals surface area contributed by atoms with E-state index in [-0.39, 0.29) is 46.5 Å². The maximum absolute atomic E-state index is 13.9. The molecule has 0 spiro atoms. The van der Waals surface area contributed by atoms with Gasteiger partial charge in [0.2, 0.25) is 0 Å². The van der Waals surface area contributed by atoms with Crippen LogP contribution in [0.5, 0.6) is 5.75 Å². The van der Waals surface area contributed by atoms with Crippen LogP contribution in [0.1, 0.15) is 73.4 Å². The van der Waals surface area contributed by atoms with Crippen LogP contribution in [0.2, 0.25) is 0 Å². The van der Waals surface area contributed by atoms with Crippen molar-refractivity contribution >= 4 is 38.9 Å². The average molecular weight is 845 g/mol. The fourth-order valence-electron chi connectivity index (χ4n) is 8.72. The predicted molar refractivity (Wildman–Crippen MR) is 236 cm³/mol. The van der Waals surface area contributed by atoms with Crippen molar-refractivity contribution in [3.63, 3.8) is 0 Å². The second-order valence-electron chi connectivity index (χ2n) is 16.2. The summed E-state index contributed by atoms with van der Waals surface area (Å²) in [5, 5.41) is 4.16. The van der Waals surface area contributed by atoms with E-state index >= 15 is 0 Å². The summed E-state index contributed by atoms with van der Waals surface area (Å²) in [5.74, 6) is 1.47. The summed E-state index contributed by atoms with van der Waals surface area (Å²) in [4.78, 5) is 38.5. The molecule has 320 valence electrons. The molecule has 2 aliphatic carbocycles. The topological polar surface area (TPSA) is 94.3 Å². The molecule has 7 aromatic rings. The van der Waals surface area contributed by atoms with Crippen LogP contribution in [-0.4, -0.2) is 39.8 Å². The molecule has 0 amide bonds. The van der Waals surface area contributed by atoms with Crippen molar-refractivity contribution in [1.82, 2.24) is 19.1 Å². The maximum atomic E-state index is 13.9. The lowest BCUT2D eigenvalue weighted by atomic mass is 9.77. The zero-order chi connectivity index (χ0) is 43.7. The zero-order valence-electron chi connectivity index (χ0n) is 35.0. The molecule has 2 unspecified atom stereocenters. The van der Waals surface area contributed by atoms with Gasteiger partial charge in [0.05, 0.1) is 33.9 Å². The first-order valence-electron chi connectivity index (χ1n) is 20.9. The summed E-state index contributed by atoms with van der Waals surface area (Å²) in [6.07, 6.45) is 6.42. The molecule has 5 aromatic carbocycles. The Bertz CT molecular complexity index is 2820. The Kier molecular flexibility index (Phi) is 12.1. The third kappa shape index (κ3) is 8.53. The molecular formula is C49H48F4N6O3. The van der Waals surface area contributed by atoms with Gasteiger partial charge >= 0.3 is 6.61 Å². The largest absolute Gasteiger partial charge is 0.435 e. The van der Waals surface area contributed by atoms with E-state index in [9.17, 15) is 27.2 Å². The number of halogens is 4. The summed E-state index contributed by atoms with van der Waals surface area (Å²) in [5.41, 5.74) is 5.36. The van der Waals surface area contributed by atoms with Gasteiger partial charge in [0.1, 0.15) is 29.0 Å². The Morgan fingerprint density at radius 1 is 0.645 bits per heavy atom. The first-order valence-corrected chi connectivity index (χ1v) is 20.9. The van der Waals surface area contributed by atoms with Crippen LogP contribution in [0.3, 0.4) is 0 Å². The quantitative estimate of drug-likeness (QED) is 0.130. The van der Waals surface area contributed by atoms with Gasteiger partial charge in [-0.1, -0.05) is 37.1 Å². The van der Waals surface area contributed by atoms with Gasteiger partial charge in [-0.15, -0.1) is 0 Å². The van der Waals surface area contributed by atoms with E-state index in [0.717, 1.165) is 60.3 Å². The molecule has 1 N–H and O–H groups in total. The smallest absolute Gasteiger partial charge is 0.387 e. The molecule has 2 aromatic heterocycles. The van der Waals surface area contributed by atoms with Crippen LogP contribution in [0.15, 0.2) is 119 Å². The maximum Gasteiger partial charge on any atom is 0.387 e. The van der Waals surface area contributed by atoms with Crippen LogP contribution < -0.4 is 26.1 Å². The van der Waals surface area contributed by atoms with E-state index in [0.29, 0.717) is 39.4 Å². The predicted octanol–water partition coefficient (Wildman–Crippen LogP) is 10.9. The number of fused-ring (bicyclic) bond motifs is 2. The van der Waals surface area contributed by atoms with E-state index in [4.69, 9.17) is 4.98 Å². The molecule has 0 saturated heterocycles. The van der Waals surface area contributed by atoms with E-state index < -0.39 is 6.61 Å². The third-order valence-corrected chi connectivity index (χ3v) is 12.4. The number of nitrogens with zero attached hydrogens (tertiary/aromatic N) is 5. The van der Waals surface area contributed by atoms with Gasteiger partial charge < -0.3 is 15.0 Å². The number of alkyl halides is 2. The molecule has 0 bridgehead atoms. The third-order valence-electron chi connectivity index (χ3n) is 12.4. The Morgan fingerprint density at radius 3 is 1.53 bits per heavy atom. The molecule has 2 atom stereocenters. The van der Waals surface area contributed by atoms with Gasteiger partial charge in [0.25, 0.3) is 11.1 Å². The normalized spacial score (nSPS) is 15.0. The molecule has 0 aliphatic heterocycles. The van der Waals surface area contributed by atoms with Crippen molar-refractivity contribution < 1.29 is 22.3 Å². The highest BCUT2D eigenvalue weighted by Crippen LogP contribution is 2.42. The molecule has 2 fully saturated rings. The minimum absolute atomic E-state index is 0.0363. The van der Waals surface area contributed by atoms with Crippen molar-refractivity contribution in [3.05, 3.63) is 164 Å². The zero-order valence-corrected chi connectivity index (χ0v) is 35.0. The number of hydrogen-bond acceptors (Lipinski definition) is 7. The number of rotatable bonds is 11. The molecule has 2 heterocycles. The number of ether oxygens (including phenoxy) is 1. The van der Waals surface area contributed by atoms with Crippen LogP contribution >= 0.6 is 0 Å².